The highest BCUT2D eigenvalue weighted by Crippen LogP contribution is 2.20. The zero-order valence-corrected chi connectivity index (χ0v) is 10.5. The zero-order valence-electron chi connectivity index (χ0n) is 9.70. The fourth-order valence-corrected chi connectivity index (χ4v) is 1.43. The van der Waals surface area contributed by atoms with Gasteiger partial charge in [-0.15, -0.1) is 0 Å². The number of hydrogen-bond acceptors (Lipinski definition) is 3. The lowest BCUT2D eigenvalue weighted by Gasteiger charge is -2.15. The van der Waals surface area contributed by atoms with Crippen LogP contribution in [-0.2, 0) is 4.79 Å². The van der Waals surface area contributed by atoms with Crippen LogP contribution in [0, 0.1) is 17.2 Å². The van der Waals surface area contributed by atoms with Gasteiger partial charge in [-0.3, -0.25) is 4.79 Å². The molecule has 0 bridgehead atoms. The van der Waals surface area contributed by atoms with Gasteiger partial charge in [0.1, 0.15) is 6.07 Å². The molecule has 0 aliphatic heterocycles. The summed E-state index contributed by atoms with van der Waals surface area (Å²) in [5.74, 6) is -0.204. The number of halogens is 1. The van der Waals surface area contributed by atoms with Crippen molar-refractivity contribution in [3.8, 4) is 6.07 Å². The molecular formula is C12H14ClN3O. The number of amides is 1. The molecule has 0 aliphatic carbocycles. The summed E-state index contributed by atoms with van der Waals surface area (Å²) in [5.41, 5.74) is 6.61. The quantitative estimate of drug-likeness (QED) is 0.864. The fourth-order valence-electron chi connectivity index (χ4n) is 1.21. The smallest absolute Gasteiger partial charge is 0.241 e. The number of nitrogens with one attached hydrogen (secondary N) is 1. The van der Waals surface area contributed by atoms with Gasteiger partial charge in [0.15, 0.2) is 0 Å². The van der Waals surface area contributed by atoms with Gasteiger partial charge in [-0.25, -0.2) is 0 Å². The van der Waals surface area contributed by atoms with Crippen LogP contribution < -0.4 is 11.1 Å². The van der Waals surface area contributed by atoms with E-state index in [2.05, 4.69) is 5.32 Å². The second kappa shape index (κ2) is 5.67. The van der Waals surface area contributed by atoms with Crippen LogP contribution in [0.4, 0.5) is 5.69 Å². The van der Waals surface area contributed by atoms with E-state index in [1.54, 1.807) is 12.1 Å². The van der Waals surface area contributed by atoms with E-state index in [9.17, 15) is 4.79 Å². The Morgan fingerprint density at radius 1 is 1.53 bits per heavy atom. The first-order chi connectivity index (χ1) is 7.95. The predicted molar refractivity (Wildman–Crippen MR) is 67.6 cm³/mol. The predicted octanol–water partition coefficient (Wildman–Crippen LogP) is 2.13. The first-order valence-electron chi connectivity index (χ1n) is 5.21. The summed E-state index contributed by atoms with van der Waals surface area (Å²) in [6, 6.07) is 6.09. The highest BCUT2D eigenvalue weighted by molar-refractivity contribution is 6.32. The second-order valence-corrected chi connectivity index (χ2v) is 4.47. The first-order valence-corrected chi connectivity index (χ1v) is 5.59. The molecule has 0 heterocycles. The Balaban J connectivity index is 2.80. The maximum Gasteiger partial charge on any atom is 0.241 e. The van der Waals surface area contributed by atoms with Crippen LogP contribution in [0.1, 0.15) is 19.4 Å². The van der Waals surface area contributed by atoms with Crippen molar-refractivity contribution in [2.75, 3.05) is 5.32 Å². The largest absolute Gasteiger partial charge is 0.325 e. The molecule has 1 aromatic rings. The van der Waals surface area contributed by atoms with Gasteiger partial charge in [-0.1, -0.05) is 25.4 Å². The van der Waals surface area contributed by atoms with Crippen LogP contribution in [0.25, 0.3) is 0 Å². The molecule has 0 radical (unpaired) electrons. The number of nitriles is 1. The van der Waals surface area contributed by atoms with Gasteiger partial charge in [-0.05, 0) is 24.1 Å². The molecule has 0 spiro atoms. The van der Waals surface area contributed by atoms with E-state index in [1.165, 1.54) is 6.07 Å². The molecule has 0 aromatic heterocycles. The fraction of sp³-hybridized carbons (Fsp3) is 0.333. The third-order valence-electron chi connectivity index (χ3n) is 2.38. The van der Waals surface area contributed by atoms with Crippen LogP contribution in [0.15, 0.2) is 18.2 Å². The number of rotatable bonds is 3. The van der Waals surface area contributed by atoms with Gasteiger partial charge in [0.25, 0.3) is 0 Å². The van der Waals surface area contributed by atoms with E-state index >= 15 is 0 Å². The van der Waals surface area contributed by atoms with Gasteiger partial charge >= 0.3 is 0 Å². The third-order valence-corrected chi connectivity index (χ3v) is 2.69. The lowest BCUT2D eigenvalue weighted by molar-refractivity contribution is -0.118. The van der Waals surface area contributed by atoms with E-state index in [1.807, 2.05) is 19.9 Å². The number of nitrogens with zero attached hydrogens (tertiary/aromatic N) is 1. The van der Waals surface area contributed by atoms with Crippen LogP contribution in [-0.4, -0.2) is 11.9 Å². The summed E-state index contributed by atoms with van der Waals surface area (Å²) < 4.78 is 0. The number of anilines is 1. The topological polar surface area (TPSA) is 78.9 Å². The molecule has 0 aliphatic rings. The molecule has 1 atom stereocenters. The monoisotopic (exact) mass is 251 g/mol. The van der Waals surface area contributed by atoms with Crippen molar-refractivity contribution in [2.24, 2.45) is 11.7 Å². The molecule has 1 rings (SSSR count). The Kier molecular flexibility index (Phi) is 4.50. The van der Waals surface area contributed by atoms with E-state index in [-0.39, 0.29) is 11.8 Å². The second-order valence-electron chi connectivity index (χ2n) is 4.07. The van der Waals surface area contributed by atoms with E-state index in [0.717, 1.165) is 0 Å². The molecule has 1 aromatic carbocycles. The zero-order chi connectivity index (χ0) is 13.0. The van der Waals surface area contributed by atoms with E-state index in [4.69, 9.17) is 22.6 Å². The number of carbonyl (C=O) groups is 1. The van der Waals surface area contributed by atoms with Crippen LogP contribution in [0.3, 0.4) is 0 Å². The highest BCUT2D eigenvalue weighted by Gasteiger charge is 2.17. The molecule has 1 amide bonds. The van der Waals surface area contributed by atoms with Gasteiger partial charge in [0.05, 0.1) is 16.6 Å². The summed E-state index contributed by atoms with van der Waals surface area (Å²) in [6.45, 7) is 3.74. The molecule has 0 fully saturated rings. The van der Waals surface area contributed by atoms with Crippen LogP contribution in [0.5, 0.6) is 0 Å². The lowest BCUT2D eigenvalue weighted by atomic mass is 10.0. The Morgan fingerprint density at radius 3 is 2.65 bits per heavy atom. The molecule has 0 saturated heterocycles. The third kappa shape index (κ3) is 3.45. The Hall–Kier alpha value is -1.57. The average molecular weight is 252 g/mol. The number of hydrogen-bond donors (Lipinski definition) is 2. The molecule has 0 saturated carbocycles. The molecule has 17 heavy (non-hydrogen) atoms. The average Bonchev–Trinajstić information content (AvgIpc) is 2.28. The van der Waals surface area contributed by atoms with Crippen molar-refractivity contribution in [2.45, 2.75) is 19.9 Å². The van der Waals surface area contributed by atoms with Crippen molar-refractivity contribution in [3.05, 3.63) is 28.8 Å². The normalized spacial score (nSPS) is 12.0. The Bertz CT molecular complexity index is 465. The van der Waals surface area contributed by atoms with Gasteiger partial charge in [-0.2, -0.15) is 5.26 Å². The molecule has 3 N–H and O–H groups in total. The van der Waals surface area contributed by atoms with Crippen molar-refractivity contribution < 1.29 is 4.79 Å². The SMILES string of the molecule is CC(C)[C@@H](N)C(=O)Nc1ccc(C#N)c(Cl)c1. The highest BCUT2D eigenvalue weighted by atomic mass is 35.5. The molecule has 90 valence electrons. The van der Waals surface area contributed by atoms with Crippen molar-refractivity contribution in [1.29, 1.82) is 5.26 Å². The number of benzene rings is 1. The summed E-state index contributed by atoms with van der Waals surface area (Å²) in [7, 11) is 0. The number of carbonyl (C=O) groups excluding carboxylic acids is 1. The lowest BCUT2D eigenvalue weighted by Crippen LogP contribution is -2.39. The first kappa shape index (κ1) is 13.5. The molecule has 4 nitrogen and oxygen atoms in total. The minimum Gasteiger partial charge on any atom is -0.325 e. The van der Waals surface area contributed by atoms with Crippen molar-refractivity contribution >= 4 is 23.2 Å². The summed E-state index contributed by atoms with van der Waals surface area (Å²) in [4.78, 5) is 11.7. The van der Waals surface area contributed by atoms with Gasteiger partial charge < -0.3 is 11.1 Å². The van der Waals surface area contributed by atoms with Crippen molar-refractivity contribution in [3.63, 3.8) is 0 Å². The Morgan fingerprint density at radius 2 is 2.18 bits per heavy atom. The summed E-state index contributed by atoms with van der Waals surface area (Å²) in [5, 5.41) is 11.7. The Labute approximate surface area is 105 Å². The molecule has 0 unspecified atom stereocenters. The van der Waals surface area contributed by atoms with E-state index in [0.29, 0.717) is 16.3 Å². The summed E-state index contributed by atoms with van der Waals surface area (Å²) >= 11 is 5.85. The maximum atomic E-state index is 11.7. The van der Waals surface area contributed by atoms with E-state index < -0.39 is 6.04 Å². The molecular weight excluding hydrogens is 238 g/mol. The minimum absolute atomic E-state index is 0.0591. The number of nitrogens with two attached hydrogens (primary N) is 1. The van der Waals surface area contributed by atoms with Crippen LogP contribution >= 0.6 is 11.6 Å². The maximum absolute atomic E-state index is 11.7. The van der Waals surface area contributed by atoms with Gasteiger partial charge in [0, 0.05) is 5.69 Å². The van der Waals surface area contributed by atoms with Crippen LogP contribution in [0.2, 0.25) is 5.02 Å². The molecule has 5 heteroatoms. The van der Waals surface area contributed by atoms with Crippen molar-refractivity contribution in [1.82, 2.24) is 0 Å². The standard InChI is InChI=1S/C12H14ClN3O/c1-7(2)11(15)12(17)16-9-4-3-8(6-14)10(13)5-9/h3-5,7,11H,15H2,1-2H3,(H,16,17)/t11-/m1/s1. The van der Waals surface area contributed by atoms with Gasteiger partial charge in [0.2, 0.25) is 5.91 Å². The minimum atomic E-state index is -0.565. The summed E-state index contributed by atoms with van der Waals surface area (Å²) in [6.07, 6.45) is 0.